The highest BCUT2D eigenvalue weighted by molar-refractivity contribution is 7.90. The number of likely N-dealkylation sites (tertiary alicyclic amines) is 1. The first-order valence-electron chi connectivity index (χ1n) is 8.56. The summed E-state index contributed by atoms with van der Waals surface area (Å²) in [6.07, 6.45) is 2.71. The van der Waals surface area contributed by atoms with Gasteiger partial charge in [0.15, 0.2) is 5.84 Å². The second-order valence-corrected chi connectivity index (χ2v) is 8.51. The maximum absolute atomic E-state index is 12.5. The minimum Gasteiger partial charge on any atom is -0.355 e. The van der Waals surface area contributed by atoms with Crippen LogP contribution in [0.1, 0.15) is 18.4 Å². The Morgan fingerprint density at radius 3 is 2.59 bits per heavy atom. The Morgan fingerprint density at radius 1 is 1.15 bits per heavy atom. The van der Waals surface area contributed by atoms with Gasteiger partial charge in [-0.1, -0.05) is 23.7 Å². The van der Waals surface area contributed by atoms with E-state index in [2.05, 4.69) is 14.7 Å². The number of halogens is 1. The summed E-state index contributed by atoms with van der Waals surface area (Å²) in [5.74, 6) is 0.689. The van der Waals surface area contributed by atoms with Crippen LogP contribution in [0.25, 0.3) is 0 Å². The van der Waals surface area contributed by atoms with E-state index in [1.165, 1.54) is 6.20 Å². The molecule has 2 aromatic rings. The number of nitrogens with zero attached hydrogens (tertiary/aromatic N) is 3. The van der Waals surface area contributed by atoms with Crippen molar-refractivity contribution in [3.8, 4) is 0 Å². The van der Waals surface area contributed by atoms with Crippen molar-refractivity contribution >= 4 is 39.2 Å². The third-order valence-electron chi connectivity index (χ3n) is 4.76. The molecule has 0 atom stereocenters. The Hall–Kier alpha value is -2.45. The maximum Gasteiger partial charge on any atom is 0.285 e. The molecule has 0 unspecified atom stereocenters. The van der Waals surface area contributed by atoms with Gasteiger partial charge in [0.1, 0.15) is 10.7 Å². The fourth-order valence-corrected chi connectivity index (χ4v) is 4.69. The Bertz CT molecular complexity index is 1010. The molecule has 1 amide bonds. The highest BCUT2D eigenvalue weighted by atomic mass is 35.5. The smallest absolute Gasteiger partial charge is 0.285 e. The van der Waals surface area contributed by atoms with E-state index >= 15 is 0 Å². The molecular weight excluding hydrogens is 388 g/mol. The molecule has 1 saturated heterocycles. The van der Waals surface area contributed by atoms with Crippen molar-refractivity contribution in [2.24, 2.45) is 10.3 Å². The predicted molar refractivity (Wildman–Crippen MR) is 102 cm³/mol. The number of aromatic nitrogens is 1. The largest absolute Gasteiger partial charge is 0.355 e. The zero-order valence-corrected chi connectivity index (χ0v) is 15.9. The number of amides is 1. The number of benzene rings is 1. The minimum absolute atomic E-state index is 0.0918. The molecule has 0 saturated carbocycles. The number of anilines is 1. The van der Waals surface area contributed by atoms with Gasteiger partial charge in [-0.2, -0.15) is 8.42 Å². The van der Waals surface area contributed by atoms with Gasteiger partial charge in [-0.3, -0.25) is 4.79 Å². The first-order chi connectivity index (χ1) is 12.9. The van der Waals surface area contributed by atoms with Crippen LogP contribution in [0.5, 0.6) is 0 Å². The van der Waals surface area contributed by atoms with Crippen LogP contribution in [0, 0.1) is 5.92 Å². The zero-order valence-electron chi connectivity index (χ0n) is 14.3. The van der Waals surface area contributed by atoms with Gasteiger partial charge in [0, 0.05) is 30.8 Å². The zero-order chi connectivity index (χ0) is 19.0. The standard InChI is InChI=1S/C18H17ClN4O3S/c19-13-5-6-16(20-11-13)21-18(24)12-7-9-23(10-8-12)17-14-3-1-2-4-15(14)27(25,26)22-17/h1-6,11-12H,7-10H2,(H,20,21,24). The number of hydrogen-bond acceptors (Lipinski definition) is 5. The lowest BCUT2D eigenvalue weighted by Gasteiger charge is -2.32. The topological polar surface area (TPSA) is 91.7 Å². The van der Waals surface area contributed by atoms with Gasteiger partial charge in [0.2, 0.25) is 5.91 Å². The average molecular weight is 405 g/mol. The molecule has 27 heavy (non-hydrogen) atoms. The predicted octanol–water partition coefficient (Wildman–Crippen LogP) is 2.53. The average Bonchev–Trinajstić information content (AvgIpc) is 2.95. The summed E-state index contributed by atoms with van der Waals surface area (Å²) in [6, 6.07) is 10.2. The first-order valence-corrected chi connectivity index (χ1v) is 10.4. The lowest BCUT2D eigenvalue weighted by molar-refractivity contribution is -0.121. The van der Waals surface area contributed by atoms with Gasteiger partial charge < -0.3 is 10.2 Å². The molecule has 4 rings (SSSR count). The van der Waals surface area contributed by atoms with Gasteiger partial charge in [0.25, 0.3) is 10.0 Å². The minimum atomic E-state index is -3.63. The van der Waals surface area contributed by atoms with E-state index in [4.69, 9.17) is 11.6 Å². The number of sulfonamides is 1. The van der Waals surface area contributed by atoms with Crippen LogP contribution in [-0.2, 0) is 14.8 Å². The molecule has 2 aliphatic heterocycles. The first kappa shape index (κ1) is 17.9. The van der Waals surface area contributed by atoms with Crippen LogP contribution >= 0.6 is 11.6 Å². The van der Waals surface area contributed by atoms with Crippen LogP contribution < -0.4 is 5.32 Å². The molecule has 1 aromatic carbocycles. The van der Waals surface area contributed by atoms with Gasteiger partial charge in [0.05, 0.1) is 5.02 Å². The van der Waals surface area contributed by atoms with Gasteiger partial charge >= 0.3 is 0 Å². The number of fused-ring (bicyclic) bond motifs is 1. The molecule has 0 aliphatic carbocycles. The SMILES string of the molecule is O=C(Nc1ccc(Cl)cn1)C1CCN(C2=NS(=O)(=O)c3ccccc32)CC1. The Balaban J connectivity index is 1.42. The van der Waals surface area contributed by atoms with Crippen LogP contribution in [0.3, 0.4) is 0 Å². The van der Waals surface area contributed by atoms with Crippen molar-refractivity contribution < 1.29 is 13.2 Å². The summed E-state index contributed by atoms with van der Waals surface area (Å²) in [4.78, 5) is 18.7. The van der Waals surface area contributed by atoms with Gasteiger partial charge in [-0.15, -0.1) is 4.40 Å². The molecular formula is C18H17ClN4O3S. The fraction of sp³-hybridized carbons (Fsp3) is 0.278. The van der Waals surface area contributed by atoms with Crippen LogP contribution in [0.2, 0.25) is 5.02 Å². The van der Waals surface area contributed by atoms with Crippen molar-refractivity contribution in [1.29, 1.82) is 0 Å². The van der Waals surface area contributed by atoms with Gasteiger partial charge in [-0.25, -0.2) is 4.98 Å². The van der Waals surface area contributed by atoms with Crippen molar-refractivity contribution in [2.75, 3.05) is 18.4 Å². The molecule has 0 spiro atoms. The summed E-state index contributed by atoms with van der Waals surface area (Å²) in [5.41, 5.74) is 0.630. The van der Waals surface area contributed by atoms with Crippen molar-refractivity contribution in [2.45, 2.75) is 17.7 Å². The van der Waals surface area contributed by atoms with E-state index in [1.54, 1.807) is 36.4 Å². The normalized spacial score (nSPS) is 18.7. The second kappa shape index (κ2) is 6.94. The Labute approximate surface area is 162 Å². The summed E-state index contributed by atoms with van der Waals surface area (Å²) in [5, 5.41) is 3.31. The molecule has 140 valence electrons. The number of rotatable bonds is 2. The highest BCUT2D eigenvalue weighted by Gasteiger charge is 2.34. The molecule has 1 N–H and O–H groups in total. The third kappa shape index (κ3) is 3.54. The molecule has 7 nitrogen and oxygen atoms in total. The van der Waals surface area contributed by atoms with E-state index < -0.39 is 10.0 Å². The van der Waals surface area contributed by atoms with Gasteiger partial charge in [-0.05, 0) is 37.1 Å². The van der Waals surface area contributed by atoms with Crippen molar-refractivity contribution in [1.82, 2.24) is 9.88 Å². The molecule has 1 fully saturated rings. The summed E-state index contributed by atoms with van der Waals surface area (Å²) in [7, 11) is -3.63. The number of carbonyl (C=O) groups excluding carboxylic acids is 1. The summed E-state index contributed by atoms with van der Waals surface area (Å²) in [6.45, 7) is 1.13. The molecule has 3 heterocycles. The van der Waals surface area contributed by atoms with Crippen molar-refractivity contribution in [3.63, 3.8) is 0 Å². The second-order valence-electron chi connectivity index (χ2n) is 6.50. The van der Waals surface area contributed by atoms with Crippen LogP contribution in [0.4, 0.5) is 5.82 Å². The lowest BCUT2D eigenvalue weighted by atomic mass is 9.95. The Morgan fingerprint density at radius 2 is 1.89 bits per heavy atom. The molecule has 1 aromatic heterocycles. The molecule has 0 radical (unpaired) electrons. The Kier molecular flexibility index (Phi) is 4.61. The van der Waals surface area contributed by atoms with E-state index in [9.17, 15) is 13.2 Å². The van der Waals surface area contributed by atoms with E-state index in [1.807, 2.05) is 4.90 Å². The third-order valence-corrected chi connectivity index (χ3v) is 6.31. The van der Waals surface area contributed by atoms with E-state index in [-0.39, 0.29) is 16.7 Å². The maximum atomic E-state index is 12.5. The highest BCUT2D eigenvalue weighted by Crippen LogP contribution is 2.29. The lowest BCUT2D eigenvalue weighted by Crippen LogP contribution is -2.41. The quantitative estimate of drug-likeness (QED) is 0.830. The number of pyridine rings is 1. The number of hydrogen-bond donors (Lipinski definition) is 1. The number of amidine groups is 1. The van der Waals surface area contributed by atoms with E-state index in [0.717, 1.165) is 0 Å². The molecule has 2 aliphatic rings. The summed E-state index contributed by atoms with van der Waals surface area (Å²) < 4.78 is 28.4. The number of piperidine rings is 1. The van der Waals surface area contributed by atoms with Crippen molar-refractivity contribution in [3.05, 3.63) is 53.2 Å². The number of nitrogens with one attached hydrogen (secondary N) is 1. The summed E-state index contributed by atoms with van der Waals surface area (Å²) >= 11 is 5.80. The molecule has 0 bridgehead atoms. The van der Waals surface area contributed by atoms with Crippen LogP contribution in [0.15, 0.2) is 51.9 Å². The monoisotopic (exact) mass is 404 g/mol. The van der Waals surface area contributed by atoms with Crippen LogP contribution in [-0.4, -0.2) is 43.1 Å². The number of carbonyl (C=O) groups is 1. The fourth-order valence-electron chi connectivity index (χ4n) is 3.35. The van der Waals surface area contributed by atoms with E-state index in [0.29, 0.717) is 48.2 Å². The molecule has 9 heteroatoms.